The van der Waals surface area contributed by atoms with Crippen molar-refractivity contribution in [2.24, 2.45) is 0 Å². The molecule has 0 aliphatic heterocycles. The molecule has 2 heterocycles. The first-order chi connectivity index (χ1) is 15.5. The maximum absolute atomic E-state index is 13.0. The number of hydrogen-bond acceptors (Lipinski definition) is 7. The lowest BCUT2D eigenvalue weighted by Gasteiger charge is -2.22. The lowest BCUT2D eigenvalue weighted by Crippen LogP contribution is -2.35. The fourth-order valence-electron chi connectivity index (χ4n) is 2.67. The number of aromatic nitrogens is 3. The van der Waals surface area contributed by atoms with E-state index in [1.807, 2.05) is 71.2 Å². The molecule has 1 amide bonds. The Hall–Kier alpha value is -2.85. The Morgan fingerprint density at radius 3 is 2.42 bits per heavy atom. The van der Waals surface area contributed by atoms with Gasteiger partial charge >= 0.3 is 0 Å². The number of carbonyl (C=O) groups excluding carboxylic acids is 1. The van der Waals surface area contributed by atoms with Crippen molar-refractivity contribution in [2.75, 3.05) is 16.6 Å². The minimum atomic E-state index is -1.29. The summed E-state index contributed by atoms with van der Waals surface area (Å²) in [5.41, 5.74) is 1.94. The number of rotatable bonds is 8. The number of carbonyl (C=O) groups is 1. The van der Waals surface area contributed by atoms with Gasteiger partial charge in [0.1, 0.15) is 11.0 Å². The third-order valence-corrected chi connectivity index (χ3v) is 7.17. The molecule has 0 saturated heterocycles. The fraction of sp³-hybridized carbons (Fsp3) is 0.391. The van der Waals surface area contributed by atoms with E-state index in [-0.39, 0.29) is 5.91 Å². The second kappa shape index (κ2) is 9.96. The topological polar surface area (TPSA) is 106 Å². The summed E-state index contributed by atoms with van der Waals surface area (Å²) in [6.07, 6.45) is 3.24. The minimum Gasteiger partial charge on any atom is -0.477 e. The molecular weight excluding hydrogens is 458 g/mol. The van der Waals surface area contributed by atoms with Crippen molar-refractivity contribution >= 4 is 39.0 Å². The first-order valence-corrected chi connectivity index (χ1v) is 12.5. The first-order valence-electron chi connectivity index (χ1n) is 10.5. The van der Waals surface area contributed by atoms with E-state index in [1.54, 1.807) is 12.4 Å². The summed E-state index contributed by atoms with van der Waals surface area (Å²) in [5.74, 6) is 0.278. The number of thiazole rings is 1. The molecule has 0 fully saturated rings. The van der Waals surface area contributed by atoms with Gasteiger partial charge in [0.15, 0.2) is 5.13 Å². The van der Waals surface area contributed by atoms with Gasteiger partial charge in [-0.25, -0.2) is 14.2 Å². The Bertz CT molecular complexity index is 1140. The standard InChI is InChI=1S/C23H29N5O3S2/c1-7-31-19-13-24-12-17(26-19)15-8-10-16(11-9-15)25-20(29)23(5,6)18-14-32-21(27-18)28-33(30)22(2,3)4/h8-14H,7H2,1-6H3,(H,25,29)(H,27,28). The zero-order chi connectivity index (χ0) is 24.2. The Balaban J connectivity index is 1.69. The van der Waals surface area contributed by atoms with Gasteiger partial charge in [0.25, 0.3) is 0 Å². The highest BCUT2D eigenvalue weighted by molar-refractivity contribution is 7.87. The van der Waals surface area contributed by atoms with E-state index in [1.165, 1.54) is 11.3 Å². The van der Waals surface area contributed by atoms with Gasteiger partial charge < -0.3 is 10.1 Å². The summed E-state index contributed by atoms with van der Waals surface area (Å²) in [5, 5.41) is 5.29. The van der Waals surface area contributed by atoms with E-state index >= 15 is 0 Å². The van der Waals surface area contributed by atoms with Gasteiger partial charge in [-0.05, 0) is 53.7 Å². The Morgan fingerprint density at radius 2 is 1.79 bits per heavy atom. The van der Waals surface area contributed by atoms with Crippen LogP contribution in [0.25, 0.3) is 11.3 Å². The first kappa shape index (κ1) is 24.8. The van der Waals surface area contributed by atoms with Crippen LogP contribution in [-0.2, 0) is 21.2 Å². The number of anilines is 2. The van der Waals surface area contributed by atoms with Crippen molar-refractivity contribution in [3.8, 4) is 17.1 Å². The van der Waals surface area contributed by atoms with Gasteiger partial charge in [-0.2, -0.15) is 0 Å². The highest BCUT2D eigenvalue weighted by Crippen LogP contribution is 2.30. The van der Waals surface area contributed by atoms with E-state index in [0.717, 1.165) is 5.56 Å². The number of amides is 1. The van der Waals surface area contributed by atoms with Gasteiger partial charge in [0, 0.05) is 16.6 Å². The molecule has 3 rings (SSSR count). The van der Waals surface area contributed by atoms with Gasteiger partial charge in [0.2, 0.25) is 11.8 Å². The van der Waals surface area contributed by atoms with Crippen LogP contribution in [0.3, 0.4) is 0 Å². The van der Waals surface area contributed by atoms with Crippen molar-refractivity contribution in [3.05, 3.63) is 47.7 Å². The summed E-state index contributed by atoms with van der Waals surface area (Å²) < 4.78 is 20.2. The Kier molecular flexibility index (Phi) is 7.48. The zero-order valence-corrected chi connectivity index (χ0v) is 21.3. The third kappa shape index (κ3) is 6.14. The molecule has 0 bridgehead atoms. The van der Waals surface area contributed by atoms with Crippen LogP contribution in [0.1, 0.15) is 47.2 Å². The average Bonchev–Trinajstić information content (AvgIpc) is 3.23. The van der Waals surface area contributed by atoms with Crippen LogP contribution in [0.2, 0.25) is 0 Å². The largest absolute Gasteiger partial charge is 0.477 e. The smallest absolute Gasteiger partial charge is 0.236 e. The SMILES string of the molecule is CCOc1cncc(-c2ccc(NC(=O)C(C)(C)c3csc(NS(=O)C(C)(C)C)n3)cc2)n1. The van der Waals surface area contributed by atoms with Crippen molar-refractivity contribution in [2.45, 2.75) is 51.7 Å². The van der Waals surface area contributed by atoms with Crippen LogP contribution < -0.4 is 14.8 Å². The van der Waals surface area contributed by atoms with E-state index in [0.29, 0.717) is 34.7 Å². The molecule has 2 N–H and O–H groups in total. The Morgan fingerprint density at radius 1 is 1.09 bits per heavy atom. The molecule has 1 atom stereocenters. The van der Waals surface area contributed by atoms with E-state index < -0.39 is 21.1 Å². The highest BCUT2D eigenvalue weighted by atomic mass is 32.2. The van der Waals surface area contributed by atoms with Crippen molar-refractivity contribution in [1.29, 1.82) is 0 Å². The summed E-state index contributed by atoms with van der Waals surface area (Å²) in [6, 6.07) is 7.38. The molecule has 176 valence electrons. The van der Waals surface area contributed by atoms with Crippen LogP contribution in [-0.4, -0.2) is 36.4 Å². The molecule has 0 saturated carbocycles. The number of nitrogens with one attached hydrogen (secondary N) is 2. The molecule has 2 aromatic heterocycles. The maximum Gasteiger partial charge on any atom is 0.236 e. The second-order valence-corrected chi connectivity index (χ2v) is 11.7. The Labute approximate surface area is 200 Å². The monoisotopic (exact) mass is 487 g/mol. The van der Waals surface area contributed by atoms with Crippen molar-refractivity contribution in [3.63, 3.8) is 0 Å². The molecule has 8 nitrogen and oxygen atoms in total. The fourth-order valence-corrected chi connectivity index (χ4v) is 4.32. The van der Waals surface area contributed by atoms with E-state index in [2.05, 4.69) is 25.0 Å². The van der Waals surface area contributed by atoms with Crippen molar-refractivity contribution < 1.29 is 13.7 Å². The predicted octanol–water partition coefficient (Wildman–Crippen LogP) is 4.79. The third-order valence-electron chi connectivity index (χ3n) is 4.79. The number of nitrogens with zero attached hydrogens (tertiary/aromatic N) is 3. The lowest BCUT2D eigenvalue weighted by atomic mass is 9.89. The van der Waals surface area contributed by atoms with Crippen LogP contribution in [0.4, 0.5) is 10.8 Å². The lowest BCUT2D eigenvalue weighted by molar-refractivity contribution is -0.120. The number of ether oxygens (including phenoxy) is 1. The molecule has 1 aromatic carbocycles. The number of benzene rings is 1. The molecule has 0 spiro atoms. The predicted molar refractivity (Wildman–Crippen MR) is 134 cm³/mol. The normalized spacial score (nSPS) is 12.8. The van der Waals surface area contributed by atoms with Gasteiger partial charge in [-0.15, -0.1) is 11.3 Å². The average molecular weight is 488 g/mol. The maximum atomic E-state index is 13.0. The van der Waals surface area contributed by atoms with Crippen LogP contribution in [0.15, 0.2) is 42.0 Å². The summed E-state index contributed by atoms with van der Waals surface area (Å²) in [4.78, 5) is 26.1. The van der Waals surface area contributed by atoms with E-state index in [9.17, 15) is 9.00 Å². The molecular formula is C23H29N5O3S2. The van der Waals surface area contributed by atoms with Gasteiger partial charge in [-0.1, -0.05) is 12.1 Å². The second-order valence-electron chi connectivity index (χ2n) is 8.85. The molecule has 1 unspecified atom stereocenters. The van der Waals surface area contributed by atoms with Crippen LogP contribution in [0.5, 0.6) is 5.88 Å². The zero-order valence-electron chi connectivity index (χ0n) is 19.6. The molecule has 0 aliphatic rings. The van der Waals surface area contributed by atoms with E-state index in [4.69, 9.17) is 4.74 Å². The summed E-state index contributed by atoms with van der Waals surface area (Å²) in [7, 11) is -1.29. The summed E-state index contributed by atoms with van der Waals surface area (Å²) >= 11 is 1.33. The highest BCUT2D eigenvalue weighted by Gasteiger charge is 2.33. The minimum absolute atomic E-state index is 0.192. The van der Waals surface area contributed by atoms with Gasteiger partial charge in [0.05, 0.1) is 40.6 Å². The van der Waals surface area contributed by atoms with Crippen LogP contribution in [0, 0.1) is 0 Å². The summed E-state index contributed by atoms with van der Waals surface area (Å²) in [6.45, 7) is 11.7. The molecule has 33 heavy (non-hydrogen) atoms. The molecule has 3 aromatic rings. The van der Waals surface area contributed by atoms with Crippen molar-refractivity contribution in [1.82, 2.24) is 15.0 Å². The quantitative estimate of drug-likeness (QED) is 0.473. The number of hydrogen-bond donors (Lipinski definition) is 2. The van der Waals surface area contributed by atoms with Crippen LogP contribution >= 0.6 is 11.3 Å². The molecule has 10 heteroatoms. The molecule has 0 aliphatic carbocycles. The van der Waals surface area contributed by atoms with Gasteiger partial charge in [-0.3, -0.25) is 14.5 Å². The molecule has 0 radical (unpaired) electrons.